The lowest BCUT2D eigenvalue weighted by molar-refractivity contribution is -0.148. The highest BCUT2D eigenvalue weighted by molar-refractivity contribution is 5.92. The minimum absolute atomic E-state index is 0.0193. The van der Waals surface area contributed by atoms with Gasteiger partial charge in [0.1, 0.15) is 6.54 Å². The second-order valence-electron chi connectivity index (χ2n) is 3.74. The summed E-state index contributed by atoms with van der Waals surface area (Å²) in [4.78, 5) is 22.8. The van der Waals surface area contributed by atoms with Crippen LogP contribution in [0.15, 0.2) is 0 Å². The summed E-state index contributed by atoms with van der Waals surface area (Å²) in [6, 6.07) is 0. The zero-order valence-corrected chi connectivity index (χ0v) is 10.5. The Kier molecular flexibility index (Phi) is 4.64. The first-order valence-corrected chi connectivity index (χ1v) is 5.51. The molecule has 0 atom stereocenters. The summed E-state index contributed by atoms with van der Waals surface area (Å²) in [5, 5.41) is 7.18. The normalized spacial score (nSPS) is 10.4. The van der Waals surface area contributed by atoms with Crippen LogP contribution in [0, 0.1) is 0 Å². The summed E-state index contributed by atoms with van der Waals surface area (Å²) in [5.41, 5.74) is 5.54. The van der Waals surface area contributed by atoms with Crippen molar-refractivity contribution in [1.29, 1.82) is 0 Å². The highest BCUT2D eigenvalue weighted by Crippen LogP contribution is 2.09. The minimum atomic E-state index is -0.668. The number of carbonyl (C=O) groups excluding carboxylic acids is 2. The lowest BCUT2D eigenvalue weighted by Crippen LogP contribution is -2.19. The molecule has 1 heterocycles. The number of ether oxygens (including phenoxy) is 2. The van der Waals surface area contributed by atoms with E-state index in [1.165, 1.54) is 0 Å². The van der Waals surface area contributed by atoms with Gasteiger partial charge in [0.15, 0.2) is 5.82 Å². The molecule has 1 aromatic rings. The summed E-state index contributed by atoms with van der Waals surface area (Å²) < 4.78 is 10.8. The summed E-state index contributed by atoms with van der Waals surface area (Å²) in [5.74, 6) is -1.19. The Morgan fingerprint density at radius 2 is 2.11 bits per heavy atom. The molecule has 18 heavy (non-hydrogen) atoms. The van der Waals surface area contributed by atoms with Gasteiger partial charge in [-0.1, -0.05) is 5.21 Å². The first-order valence-electron chi connectivity index (χ1n) is 5.51. The van der Waals surface area contributed by atoms with Crippen molar-refractivity contribution in [3.63, 3.8) is 0 Å². The molecule has 2 N–H and O–H groups in total. The van der Waals surface area contributed by atoms with E-state index in [4.69, 9.17) is 15.2 Å². The number of nitrogen functional groups attached to an aromatic ring is 1. The van der Waals surface area contributed by atoms with Crippen molar-refractivity contribution in [3.8, 4) is 0 Å². The van der Waals surface area contributed by atoms with Gasteiger partial charge in [0, 0.05) is 0 Å². The number of rotatable bonds is 5. The molecule has 8 nitrogen and oxygen atoms in total. The minimum Gasteiger partial charge on any atom is -0.462 e. The van der Waals surface area contributed by atoms with E-state index in [2.05, 4.69) is 10.3 Å². The number of carbonyl (C=O) groups is 2. The number of nitrogens with zero attached hydrogens (tertiary/aromatic N) is 3. The van der Waals surface area contributed by atoms with Gasteiger partial charge in [-0.25, -0.2) is 9.48 Å². The predicted molar refractivity (Wildman–Crippen MR) is 61.6 cm³/mol. The first kappa shape index (κ1) is 13.9. The summed E-state index contributed by atoms with van der Waals surface area (Å²) in [6.45, 7) is 5.13. The van der Waals surface area contributed by atoms with Gasteiger partial charge in [0.25, 0.3) is 0 Å². The van der Waals surface area contributed by atoms with Crippen molar-refractivity contribution in [2.75, 3.05) is 12.3 Å². The quantitative estimate of drug-likeness (QED) is 0.737. The number of anilines is 1. The Balaban J connectivity index is 2.74. The van der Waals surface area contributed by atoms with E-state index in [0.717, 1.165) is 4.68 Å². The number of hydrogen-bond donors (Lipinski definition) is 1. The van der Waals surface area contributed by atoms with Gasteiger partial charge in [0.2, 0.25) is 5.69 Å². The largest absolute Gasteiger partial charge is 0.462 e. The van der Waals surface area contributed by atoms with E-state index in [9.17, 15) is 9.59 Å². The molecular weight excluding hydrogens is 240 g/mol. The van der Waals surface area contributed by atoms with Crippen LogP contribution in [-0.2, 0) is 20.8 Å². The Bertz CT molecular complexity index is 441. The lowest BCUT2D eigenvalue weighted by atomic mass is 10.4. The zero-order valence-electron chi connectivity index (χ0n) is 10.5. The van der Waals surface area contributed by atoms with Crippen LogP contribution in [0.2, 0.25) is 0 Å². The van der Waals surface area contributed by atoms with Gasteiger partial charge >= 0.3 is 11.9 Å². The smallest absolute Gasteiger partial charge is 0.362 e. The maximum atomic E-state index is 11.4. The summed E-state index contributed by atoms with van der Waals surface area (Å²) in [7, 11) is 0. The molecule has 100 valence electrons. The van der Waals surface area contributed by atoms with Crippen molar-refractivity contribution in [3.05, 3.63) is 5.69 Å². The molecule has 0 spiro atoms. The highest BCUT2D eigenvalue weighted by Gasteiger charge is 2.20. The molecule has 0 bridgehead atoms. The molecule has 0 aromatic carbocycles. The van der Waals surface area contributed by atoms with Crippen molar-refractivity contribution in [2.24, 2.45) is 0 Å². The second kappa shape index (κ2) is 5.99. The monoisotopic (exact) mass is 256 g/mol. The van der Waals surface area contributed by atoms with Gasteiger partial charge in [-0.05, 0) is 20.8 Å². The van der Waals surface area contributed by atoms with Gasteiger partial charge < -0.3 is 15.2 Å². The van der Waals surface area contributed by atoms with Crippen LogP contribution in [-0.4, -0.2) is 39.6 Å². The molecular formula is C10H16N4O4. The van der Waals surface area contributed by atoms with Crippen LogP contribution in [0.5, 0.6) is 0 Å². The molecule has 0 saturated heterocycles. The van der Waals surface area contributed by atoms with Crippen molar-refractivity contribution in [1.82, 2.24) is 15.0 Å². The molecule has 0 aliphatic heterocycles. The maximum absolute atomic E-state index is 11.4. The standard InChI is InChI=1S/C10H16N4O4/c1-4-17-10(16)8-9(11)14(13-12-8)5-7(15)18-6(2)3/h6H,4-5,11H2,1-3H3. The van der Waals surface area contributed by atoms with Crippen LogP contribution in [0.1, 0.15) is 31.3 Å². The van der Waals surface area contributed by atoms with E-state index in [-0.39, 0.29) is 30.8 Å². The van der Waals surface area contributed by atoms with Gasteiger partial charge in [-0.2, -0.15) is 0 Å². The van der Waals surface area contributed by atoms with Gasteiger partial charge in [-0.15, -0.1) is 5.10 Å². The van der Waals surface area contributed by atoms with Crippen LogP contribution in [0.3, 0.4) is 0 Å². The number of esters is 2. The molecule has 0 aliphatic rings. The SMILES string of the molecule is CCOC(=O)c1nnn(CC(=O)OC(C)C)c1N. The van der Waals surface area contributed by atoms with Crippen molar-refractivity contribution in [2.45, 2.75) is 33.4 Å². The third-order valence-corrected chi connectivity index (χ3v) is 1.89. The fraction of sp³-hybridized carbons (Fsp3) is 0.600. The fourth-order valence-electron chi connectivity index (χ4n) is 1.20. The Hall–Kier alpha value is -2.12. The van der Waals surface area contributed by atoms with Crippen LogP contribution >= 0.6 is 0 Å². The second-order valence-corrected chi connectivity index (χ2v) is 3.74. The predicted octanol–water partition coefficient (Wildman–Crippen LogP) is -0.0114. The fourth-order valence-corrected chi connectivity index (χ4v) is 1.20. The van der Waals surface area contributed by atoms with E-state index in [1.807, 2.05) is 0 Å². The number of nitrogens with two attached hydrogens (primary N) is 1. The van der Waals surface area contributed by atoms with E-state index in [0.29, 0.717) is 0 Å². The van der Waals surface area contributed by atoms with Crippen LogP contribution in [0.25, 0.3) is 0 Å². The van der Waals surface area contributed by atoms with E-state index < -0.39 is 11.9 Å². The highest BCUT2D eigenvalue weighted by atomic mass is 16.5. The molecule has 0 amide bonds. The topological polar surface area (TPSA) is 109 Å². The summed E-state index contributed by atoms with van der Waals surface area (Å²) >= 11 is 0. The third-order valence-electron chi connectivity index (χ3n) is 1.89. The molecule has 8 heteroatoms. The zero-order chi connectivity index (χ0) is 13.7. The van der Waals surface area contributed by atoms with E-state index in [1.54, 1.807) is 20.8 Å². The first-order chi connectivity index (χ1) is 8.45. The van der Waals surface area contributed by atoms with Crippen molar-refractivity contribution < 1.29 is 19.1 Å². The van der Waals surface area contributed by atoms with E-state index >= 15 is 0 Å². The van der Waals surface area contributed by atoms with Crippen LogP contribution < -0.4 is 5.73 Å². The Morgan fingerprint density at radius 1 is 1.44 bits per heavy atom. The average Bonchev–Trinajstić information content (AvgIpc) is 2.59. The van der Waals surface area contributed by atoms with Gasteiger partial charge in [-0.3, -0.25) is 4.79 Å². The van der Waals surface area contributed by atoms with Crippen molar-refractivity contribution >= 4 is 17.8 Å². The van der Waals surface area contributed by atoms with Crippen LogP contribution in [0.4, 0.5) is 5.82 Å². The average molecular weight is 256 g/mol. The molecule has 0 saturated carbocycles. The Morgan fingerprint density at radius 3 is 2.67 bits per heavy atom. The Labute approximate surface area is 104 Å². The lowest BCUT2D eigenvalue weighted by Gasteiger charge is -2.08. The molecule has 0 aliphatic carbocycles. The van der Waals surface area contributed by atoms with Gasteiger partial charge in [0.05, 0.1) is 12.7 Å². The molecule has 0 unspecified atom stereocenters. The molecule has 1 rings (SSSR count). The third kappa shape index (κ3) is 3.44. The number of hydrogen-bond acceptors (Lipinski definition) is 7. The summed E-state index contributed by atoms with van der Waals surface area (Å²) in [6.07, 6.45) is -0.230. The molecule has 1 aromatic heterocycles. The molecule has 0 fully saturated rings. The molecule has 0 radical (unpaired) electrons. The maximum Gasteiger partial charge on any atom is 0.362 e. The number of aromatic nitrogens is 3.